The monoisotopic (exact) mass is 533 g/mol. The summed E-state index contributed by atoms with van der Waals surface area (Å²) in [6.45, 7) is 4.31. The summed E-state index contributed by atoms with van der Waals surface area (Å²) in [5.41, 5.74) is 2.69. The predicted octanol–water partition coefficient (Wildman–Crippen LogP) is 6.96. The number of rotatable bonds is 10. The third-order valence-electron chi connectivity index (χ3n) is 5.70. The summed E-state index contributed by atoms with van der Waals surface area (Å²) in [4.78, 5) is 19.7. The summed E-state index contributed by atoms with van der Waals surface area (Å²) >= 11 is 6.47. The molecule has 0 radical (unpaired) electrons. The fourth-order valence-electron chi connectivity index (χ4n) is 3.94. The van der Waals surface area contributed by atoms with Gasteiger partial charge in [-0.3, -0.25) is 0 Å². The Bertz CT molecular complexity index is 1400. The van der Waals surface area contributed by atoms with E-state index in [0.29, 0.717) is 29.2 Å². The van der Waals surface area contributed by atoms with E-state index in [2.05, 4.69) is 34.3 Å². The molecular formula is C25H26ClF2N3O4Si. The van der Waals surface area contributed by atoms with Gasteiger partial charge in [0.2, 0.25) is 0 Å². The minimum atomic E-state index is -3.01. The first-order valence-corrected chi connectivity index (χ1v) is 15.4. The van der Waals surface area contributed by atoms with E-state index in [1.54, 1.807) is 29.1 Å². The van der Waals surface area contributed by atoms with Gasteiger partial charge in [-0.2, -0.15) is 8.78 Å². The van der Waals surface area contributed by atoms with Crippen molar-refractivity contribution in [1.29, 1.82) is 0 Å². The smallest absolute Gasteiger partial charge is 0.387 e. The number of nitrogens with zero attached hydrogens (tertiary/aromatic N) is 2. The molecule has 190 valence electrons. The summed E-state index contributed by atoms with van der Waals surface area (Å²) in [5.74, 6) is -1.28. The zero-order valence-electron chi connectivity index (χ0n) is 20.0. The van der Waals surface area contributed by atoms with Crippen LogP contribution in [-0.4, -0.2) is 46.9 Å². The van der Waals surface area contributed by atoms with Crippen molar-refractivity contribution in [3.63, 3.8) is 0 Å². The Hall–Kier alpha value is -3.21. The SMILES string of the molecule is C[Si](C)(C)CCOCn1c(-c2ccnc3[nH]ccc23)cc(C(=O)O)c1-c1ccc(OC(F)F)cc1Cl. The lowest BCUT2D eigenvalue weighted by Gasteiger charge is -2.19. The van der Waals surface area contributed by atoms with Crippen LogP contribution in [0, 0.1) is 0 Å². The maximum atomic E-state index is 12.7. The molecule has 2 N–H and O–H groups in total. The molecular weight excluding hydrogens is 508 g/mol. The zero-order valence-corrected chi connectivity index (χ0v) is 21.8. The number of aromatic nitrogens is 3. The molecule has 0 aliphatic rings. The minimum absolute atomic E-state index is 0.00345. The number of carboxylic acid groups (broad SMARTS) is 1. The Kier molecular flexibility index (Phi) is 7.48. The van der Waals surface area contributed by atoms with Crippen LogP contribution in [0.25, 0.3) is 33.5 Å². The number of aromatic amines is 1. The van der Waals surface area contributed by atoms with E-state index in [0.717, 1.165) is 17.0 Å². The van der Waals surface area contributed by atoms with Crippen molar-refractivity contribution >= 4 is 36.7 Å². The molecule has 0 aliphatic carbocycles. The van der Waals surface area contributed by atoms with Crippen molar-refractivity contribution in [2.75, 3.05) is 6.61 Å². The van der Waals surface area contributed by atoms with Crippen LogP contribution in [-0.2, 0) is 11.5 Å². The van der Waals surface area contributed by atoms with Gasteiger partial charge in [0.15, 0.2) is 0 Å². The van der Waals surface area contributed by atoms with Gasteiger partial charge in [0.05, 0.1) is 22.0 Å². The Balaban J connectivity index is 1.88. The lowest BCUT2D eigenvalue weighted by molar-refractivity contribution is -0.0498. The van der Waals surface area contributed by atoms with Gasteiger partial charge in [0, 0.05) is 43.6 Å². The lowest BCUT2D eigenvalue weighted by atomic mass is 10.1. The predicted molar refractivity (Wildman–Crippen MR) is 138 cm³/mol. The molecule has 0 atom stereocenters. The minimum Gasteiger partial charge on any atom is -0.478 e. The normalized spacial score (nSPS) is 12.0. The molecule has 7 nitrogen and oxygen atoms in total. The molecule has 1 aromatic carbocycles. The van der Waals surface area contributed by atoms with E-state index >= 15 is 0 Å². The van der Waals surface area contributed by atoms with Crippen LogP contribution in [0.1, 0.15) is 10.4 Å². The van der Waals surface area contributed by atoms with Crippen molar-refractivity contribution in [2.24, 2.45) is 0 Å². The number of nitrogens with one attached hydrogen (secondary N) is 1. The zero-order chi connectivity index (χ0) is 26.0. The van der Waals surface area contributed by atoms with Crippen LogP contribution >= 0.6 is 11.6 Å². The molecule has 0 aliphatic heterocycles. The first-order chi connectivity index (χ1) is 17.0. The number of carbonyl (C=O) groups is 1. The van der Waals surface area contributed by atoms with Gasteiger partial charge in [-0.1, -0.05) is 31.2 Å². The standard InChI is InChI=1S/C25H26ClF2N3O4Si/c1-36(2,3)11-10-34-14-31-21(16-6-8-29-23-17(16)7-9-30-23)13-19(24(32)33)22(31)18-5-4-15(12-20(18)26)35-25(27)28/h4-9,12-13,25H,10-11,14H2,1-3H3,(H,29,30)(H,32,33). The van der Waals surface area contributed by atoms with Crippen molar-refractivity contribution in [3.8, 4) is 28.3 Å². The van der Waals surface area contributed by atoms with E-state index < -0.39 is 20.7 Å². The maximum Gasteiger partial charge on any atom is 0.387 e. The lowest BCUT2D eigenvalue weighted by Crippen LogP contribution is -2.22. The van der Waals surface area contributed by atoms with E-state index in [4.69, 9.17) is 16.3 Å². The van der Waals surface area contributed by atoms with E-state index in [1.807, 2.05) is 6.07 Å². The molecule has 4 aromatic rings. The first kappa shape index (κ1) is 25.9. The van der Waals surface area contributed by atoms with Crippen molar-refractivity contribution in [1.82, 2.24) is 14.5 Å². The number of hydrogen-bond acceptors (Lipinski definition) is 4. The third-order valence-corrected chi connectivity index (χ3v) is 7.72. The molecule has 0 saturated heterocycles. The topological polar surface area (TPSA) is 89.4 Å². The summed E-state index contributed by atoms with van der Waals surface area (Å²) in [6, 6.07) is 10.2. The number of pyridine rings is 1. The first-order valence-electron chi connectivity index (χ1n) is 11.3. The molecule has 0 fully saturated rings. The second kappa shape index (κ2) is 10.4. The molecule has 36 heavy (non-hydrogen) atoms. The van der Waals surface area contributed by atoms with Gasteiger partial charge in [-0.25, -0.2) is 9.78 Å². The van der Waals surface area contributed by atoms with Crippen LogP contribution in [0.2, 0.25) is 30.7 Å². The number of halogens is 3. The highest BCUT2D eigenvalue weighted by molar-refractivity contribution is 6.76. The van der Waals surface area contributed by atoms with Crippen molar-refractivity contribution in [3.05, 3.63) is 59.4 Å². The molecule has 0 unspecified atom stereocenters. The van der Waals surface area contributed by atoms with Crippen molar-refractivity contribution in [2.45, 2.75) is 39.0 Å². The summed E-state index contributed by atoms with van der Waals surface area (Å²) in [5, 5.41) is 11.0. The van der Waals surface area contributed by atoms with Gasteiger partial charge in [0.25, 0.3) is 0 Å². The number of H-pyrrole nitrogens is 1. The van der Waals surface area contributed by atoms with E-state index in [-0.39, 0.29) is 23.1 Å². The highest BCUT2D eigenvalue weighted by atomic mass is 35.5. The molecule has 3 heterocycles. The van der Waals surface area contributed by atoms with Crippen LogP contribution in [0.3, 0.4) is 0 Å². The van der Waals surface area contributed by atoms with Gasteiger partial charge < -0.3 is 24.1 Å². The molecule has 11 heteroatoms. The fraction of sp³-hybridized carbons (Fsp3) is 0.280. The molecule has 4 rings (SSSR count). The summed E-state index contributed by atoms with van der Waals surface area (Å²) < 4.78 is 37.6. The average Bonchev–Trinajstić information content (AvgIpc) is 3.41. The summed E-state index contributed by atoms with van der Waals surface area (Å²) in [7, 11) is -1.36. The van der Waals surface area contributed by atoms with Crippen LogP contribution in [0.15, 0.2) is 48.8 Å². The van der Waals surface area contributed by atoms with Gasteiger partial charge in [-0.05, 0) is 42.4 Å². The average molecular weight is 534 g/mol. The highest BCUT2D eigenvalue weighted by Crippen LogP contribution is 2.39. The number of ether oxygens (including phenoxy) is 2. The van der Waals surface area contributed by atoms with Crippen LogP contribution < -0.4 is 4.74 Å². The molecule has 3 aromatic heterocycles. The molecule has 0 bridgehead atoms. The number of benzene rings is 1. The second-order valence-electron chi connectivity index (χ2n) is 9.49. The van der Waals surface area contributed by atoms with Crippen molar-refractivity contribution < 1.29 is 28.2 Å². The molecule has 0 spiro atoms. The number of hydrogen-bond donors (Lipinski definition) is 2. The number of alkyl halides is 2. The van der Waals surface area contributed by atoms with Gasteiger partial charge in [0.1, 0.15) is 18.1 Å². The number of aromatic carboxylic acids is 1. The van der Waals surface area contributed by atoms with Crippen LogP contribution in [0.5, 0.6) is 5.75 Å². The maximum absolute atomic E-state index is 12.7. The third kappa shape index (κ3) is 5.61. The van der Waals surface area contributed by atoms with E-state index in [1.165, 1.54) is 18.2 Å². The quantitative estimate of drug-likeness (QED) is 0.170. The Morgan fingerprint density at radius 2 is 1.97 bits per heavy atom. The van der Waals surface area contributed by atoms with E-state index in [9.17, 15) is 18.7 Å². The Morgan fingerprint density at radius 3 is 2.64 bits per heavy atom. The highest BCUT2D eigenvalue weighted by Gasteiger charge is 2.25. The number of fused-ring (bicyclic) bond motifs is 1. The van der Waals surface area contributed by atoms with Gasteiger partial charge >= 0.3 is 12.6 Å². The molecule has 0 saturated carbocycles. The Morgan fingerprint density at radius 1 is 1.19 bits per heavy atom. The second-order valence-corrected chi connectivity index (χ2v) is 15.5. The number of carboxylic acids is 1. The fourth-order valence-corrected chi connectivity index (χ4v) is 4.96. The molecule has 0 amide bonds. The Labute approximate surface area is 212 Å². The largest absolute Gasteiger partial charge is 0.478 e. The van der Waals surface area contributed by atoms with Crippen LogP contribution in [0.4, 0.5) is 8.78 Å². The van der Waals surface area contributed by atoms with Gasteiger partial charge in [-0.15, -0.1) is 0 Å². The summed E-state index contributed by atoms with van der Waals surface area (Å²) in [6.07, 6.45) is 3.40.